The van der Waals surface area contributed by atoms with Crippen molar-refractivity contribution >= 4 is 6.09 Å². The van der Waals surface area contributed by atoms with Crippen LogP contribution in [0.25, 0.3) is 0 Å². The van der Waals surface area contributed by atoms with Gasteiger partial charge >= 0.3 is 6.09 Å². The zero-order valence-electron chi connectivity index (χ0n) is 9.25. The van der Waals surface area contributed by atoms with Crippen LogP contribution in [0.15, 0.2) is 0 Å². The number of piperidine rings is 1. The van der Waals surface area contributed by atoms with E-state index in [2.05, 4.69) is 5.32 Å². The lowest BCUT2D eigenvalue weighted by Crippen LogP contribution is -2.43. The van der Waals surface area contributed by atoms with E-state index < -0.39 is 17.9 Å². The zero-order valence-corrected chi connectivity index (χ0v) is 9.25. The molecule has 0 aromatic carbocycles. The van der Waals surface area contributed by atoms with Crippen LogP contribution < -0.4 is 11.1 Å². The van der Waals surface area contributed by atoms with E-state index in [1.807, 2.05) is 0 Å². The van der Waals surface area contributed by atoms with Gasteiger partial charge in [-0.15, -0.1) is 0 Å². The standard InChI is InChI=1S/C10H19FN2O2/c1-10(2,15-9(12)14)5-7-6-13-4-3-8(7)11/h7-8,13H,3-6H2,1-2H3,(H2,12,14)/t7-,8-/m1/s1. The minimum Gasteiger partial charge on any atom is -0.444 e. The summed E-state index contributed by atoms with van der Waals surface area (Å²) in [4.78, 5) is 10.6. The van der Waals surface area contributed by atoms with Crippen molar-refractivity contribution in [3.63, 3.8) is 0 Å². The van der Waals surface area contributed by atoms with Gasteiger partial charge in [0.05, 0.1) is 0 Å². The van der Waals surface area contributed by atoms with Crippen LogP contribution in [0.2, 0.25) is 0 Å². The molecule has 1 saturated heterocycles. The van der Waals surface area contributed by atoms with Crippen molar-refractivity contribution in [2.24, 2.45) is 11.7 Å². The normalized spacial score (nSPS) is 27.4. The maximum atomic E-state index is 13.5. The summed E-state index contributed by atoms with van der Waals surface area (Å²) in [5.41, 5.74) is 4.25. The first-order valence-electron chi connectivity index (χ1n) is 5.24. The van der Waals surface area contributed by atoms with E-state index >= 15 is 0 Å². The highest BCUT2D eigenvalue weighted by atomic mass is 19.1. The van der Waals surface area contributed by atoms with Crippen LogP contribution in [0.3, 0.4) is 0 Å². The molecule has 1 fully saturated rings. The van der Waals surface area contributed by atoms with Gasteiger partial charge in [-0.2, -0.15) is 0 Å². The second kappa shape index (κ2) is 4.79. The van der Waals surface area contributed by atoms with Crippen molar-refractivity contribution in [2.75, 3.05) is 13.1 Å². The number of halogens is 1. The lowest BCUT2D eigenvalue weighted by Gasteiger charge is -2.33. The Hall–Kier alpha value is -0.840. The van der Waals surface area contributed by atoms with E-state index in [4.69, 9.17) is 10.5 Å². The number of primary amides is 1. The molecule has 88 valence electrons. The molecular formula is C10H19FN2O2. The van der Waals surface area contributed by atoms with Crippen LogP contribution in [0.4, 0.5) is 9.18 Å². The molecule has 1 aliphatic heterocycles. The van der Waals surface area contributed by atoms with E-state index in [-0.39, 0.29) is 5.92 Å². The summed E-state index contributed by atoms with van der Waals surface area (Å²) in [6.45, 7) is 4.85. The minimum atomic E-state index is -0.818. The molecule has 5 heteroatoms. The van der Waals surface area contributed by atoms with Crippen molar-refractivity contribution in [3.05, 3.63) is 0 Å². The first kappa shape index (κ1) is 12.2. The predicted octanol–water partition coefficient (Wildman–Crippen LogP) is 1.20. The van der Waals surface area contributed by atoms with Crippen molar-refractivity contribution in [2.45, 2.75) is 38.5 Å². The molecule has 0 aromatic rings. The first-order chi connectivity index (χ1) is 6.91. The highest BCUT2D eigenvalue weighted by molar-refractivity contribution is 5.65. The Morgan fingerprint density at radius 2 is 2.33 bits per heavy atom. The zero-order chi connectivity index (χ0) is 11.5. The Bertz CT molecular complexity index is 233. The van der Waals surface area contributed by atoms with E-state index in [1.54, 1.807) is 13.8 Å². The summed E-state index contributed by atoms with van der Waals surface area (Å²) in [6.07, 6.45) is -0.609. The molecule has 1 heterocycles. The quantitative estimate of drug-likeness (QED) is 0.748. The summed E-state index contributed by atoms with van der Waals surface area (Å²) >= 11 is 0. The lowest BCUT2D eigenvalue weighted by atomic mass is 9.87. The summed E-state index contributed by atoms with van der Waals surface area (Å²) in [5, 5.41) is 3.13. The molecule has 0 saturated carbocycles. The highest BCUT2D eigenvalue weighted by Gasteiger charge is 2.32. The monoisotopic (exact) mass is 218 g/mol. The Morgan fingerprint density at radius 1 is 1.67 bits per heavy atom. The van der Waals surface area contributed by atoms with Crippen molar-refractivity contribution in [3.8, 4) is 0 Å². The van der Waals surface area contributed by atoms with Gasteiger partial charge in [-0.25, -0.2) is 9.18 Å². The number of nitrogens with two attached hydrogens (primary N) is 1. The number of amides is 1. The molecule has 0 bridgehead atoms. The Kier molecular flexibility index (Phi) is 3.90. The van der Waals surface area contributed by atoms with Crippen LogP contribution in [-0.4, -0.2) is 31.0 Å². The number of nitrogens with one attached hydrogen (secondary N) is 1. The number of rotatable bonds is 3. The fourth-order valence-electron chi connectivity index (χ4n) is 2.04. The molecule has 15 heavy (non-hydrogen) atoms. The van der Waals surface area contributed by atoms with E-state index in [1.165, 1.54) is 0 Å². The maximum absolute atomic E-state index is 13.5. The Labute approximate surface area is 89.3 Å². The topological polar surface area (TPSA) is 64.3 Å². The van der Waals surface area contributed by atoms with Gasteiger partial charge in [0.15, 0.2) is 0 Å². The molecule has 1 rings (SSSR count). The summed E-state index contributed by atoms with van der Waals surface area (Å²) in [5.74, 6) is -0.104. The average molecular weight is 218 g/mol. The third kappa shape index (κ3) is 4.03. The second-order valence-corrected chi connectivity index (χ2v) is 4.65. The Balaban J connectivity index is 2.47. The average Bonchev–Trinajstić information content (AvgIpc) is 2.06. The molecule has 0 aromatic heterocycles. The molecule has 0 radical (unpaired) electrons. The molecule has 1 aliphatic rings. The van der Waals surface area contributed by atoms with Crippen molar-refractivity contribution in [1.82, 2.24) is 5.32 Å². The molecule has 4 nitrogen and oxygen atoms in total. The van der Waals surface area contributed by atoms with E-state index in [0.29, 0.717) is 19.4 Å². The number of carbonyl (C=O) groups excluding carboxylic acids is 1. The SMILES string of the molecule is CC(C)(C[C@@H]1CNCC[C@H]1F)OC(N)=O. The minimum absolute atomic E-state index is 0.104. The summed E-state index contributed by atoms with van der Waals surface area (Å²) in [6, 6.07) is 0. The van der Waals surface area contributed by atoms with Gasteiger partial charge in [0.2, 0.25) is 0 Å². The van der Waals surface area contributed by atoms with E-state index in [0.717, 1.165) is 6.54 Å². The molecule has 2 atom stereocenters. The number of carbonyl (C=O) groups is 1. The van der Waals surface area contributed by atoms with E-state index in [9.17, 15) is 9.18 Å². The number of ether oxygens (including phenoxy) is 1. The number of hydrogen-bond donors (Lipinski definition) is 2. The van der Waals surface area contributed by atoms with Gasteiger partial charge in [-0.05, 0) is 33.2 Å². The van der Waals surface area contributed by atoms with Gasteiger partial charge in [-0.3, -0.25) is 0 Å². The van der Waals surface area contributed by atoms with Crippen molar-refractivity contribution in [1.29, 1.82) is 0 Å². The molecule has 0 aliphatic carbocycles. The smallest absolute Gasteiger partial charge is 0.405 e. The fourth-order valence-corrected chi connectivity index (χ4v) is 2.04. The second-order valence-electron chi connectivity index (χ2n) is 4.65. The van der Waals surface area contributed by atoms with Gasteiger partial charge in [0, 0.05) is 12.5 Å². The van der Waals surface area contributed by atoms with Crippen LogP contribution in [0.1, 0.15) is 26.7 Å². The highest BCUT2D eigenvalue weighted by Crippen LogP contribution is 2.27. The number of hydrogen-bond acceptors (Lipinski definition) is 3. The predicted molar refractivity (Wildman–Crippen MR) is 55.2 cm³/mol. The maximum Gasteiger partial charge on any atom is 0.405 e. The largest absolute Gasteiger partial charge is 0.444 e. The van der Waals surface area contributed by atoms with Gasteiger partial charge in [-0.1, -0.05) is 0 Å². The van der Waals surface area contributed by atoms with Crippen LogP contribution in [0, 0.1) is 5.92 Å². The first-order valence-corrected chi connectivity index (χ1v) is 5.24. The lowest BCUT2D eigenvalue weighted by molar-refractivity contribution is 0.00986. The summed E-state index contributed by atoms with van der Waals surface area (Å²) < 4.78 is 18.4. The molecular weight excluding hydrogens is 199 g/mol. The van der Waals surface area contributed by atoms with Crippen LogP contribution in [-0.2, 0) is 4.74 Å². The van der Waals surface area contributed by atoms with Gasteiger partial charge in [0.25, 0.3) is 0 Å². The molecule has 3 N–H and O–H groups in total. The van der Waals surface area contributed by atoms with Gasteiger partial charge < -0.3 is 15.8 Å². The van der Waals surface area contributed by atoms with Gasteiger partial charge in [0.1, 0.15) is 11.8 Å². The fraction of sp³-hybridized carbons (Fsp3) is 0.900. The van der Waals surface area contributed by atoms with Crippen molar-refractivity contribution < 1.29 is 13.9 Å². The third-order valence-electron chi connectivity index (χ3n) is 2.65. The third-order valence-corrected chi connectivity index (χ3v) is 2.65. The Morgan fingerprint density at radius 3 is 2.87 bits per heavy atom. The number of alkyl halides is 1. The molecule has 0 unspecified atom stereocenters. The van der Waals surface area contributed by atoms with Crippen LogP contribution in [0.5, 0.6) is 0 Å². The molecule has 1 amide bonds. The molecule has 0 spiro atoms. The van der Waals surface area contributed by atoms with Crippen LogP contribution >= 0.6 is 0 Å². The summed E-state index contributed by atoms with van der Waals surface area (Å²) in [7, 11) is 0.